The molecule has 0 aliphatic carbocycles. The smallest absolute Gasteiger partial charge is 0.262 e. The molecule has 1 aliphatic heterocycles. The van der Waals surface area contributed by atoms with Crippen LogP contribution >= 0.6 is 11.6 Å². The van der Waals surface area contributed by atoms with Crippen molar-refractivity contribution < 1.29 is 9.53 Å². The SMILES string of the molecule is COc1cccc(C2Nc3ccccc3C(=O)N2c2ccccc2)c1Cl. The maximum absolute atomic E-state index is 13.3. The molecule has 0 bridgehead atoms. The molecule has 130 valence electrons. The molecule has 0 saturated carbocycles. The number of hydrogen-bond donors (Lipinski definition) is 1. The van der Waals surface area contributed by atoms with E-state index in [0.29, 0.717) is 16.3 Å². The maximum Gasteiger partial charge on any atom is 0.262 e. The van der Waals surface area contributed by atoms with Crippen molar-refractivity contribution in [1.29, 1.82) is 0 Å². The third-order valence-electron chi connectivity index (χ3n) is 4.47. The minimum atomic E-state index is -0.442. The van der Waals surface area contributed by atoms with Crippen molar-refractivity contribution in [3.63, 3.8) is 0 Å². The van der Waals surface area contributed by atoms with Crippen LogP contribution in [-0.4, -0.2) is 13.0 Å². The number of rotatable bonds is 3. The van der Waals surface area contributed by atoms with Gasteiger partial charge in [0.05, 0.1) is 17.7 Å². The summed E-state index contributed by atoms with van der Waals surface area (Å²) in [5.74, 6) is 0.500. The number of methoxy groups -OCH3 is 1. The second kappa shape index (κ2) is 6.73. The Morgan fingerprint density at radius 2 is 1.69 bits per heavy atom. The van der Waals surface area contributed by atoms with Crippen LogP contribution in [0.2, 0.25) is 5.02 Å². The van der Waals surface area contributed by atoms with E-state index in [0.717, 1.165) is 16.9 Å². The van der Waals surface area contributed by atoms with E-state index in [9.17, 15) is 4.79 Å². The van der Waals surface area contributed by atoms with Crippen LogP contribution in [0.25, 0.3) is 0 Å². The van der Waals surface area contributed by atoms with Crippen LogP contribution in [0.1, 0.15) is 22.1 Å². The van der Waals surface area contributed by atoms with Gasteiger partial charge >= 0.3 is 0 Å². The number of anilines is 2. The predicted molar refractivity (Wildman–Crippen MR) is 104 cm³/mol. The first-order valence-corrected chi connectivity index (χ1v) is 8.65. The fourth-order valence-corrected chi connectivity index (χ4v) is 3.53. The molecule has 1 amide bonds. The Morgan fingerprint density at radius 3 is 2.46 bits per heavy atom. The number of nitrogens with zero attached hydrogens (tertiary/aromatic N) is 1. The molecule has 4 nitrogen and oxygen atoms in total. The quantitative estimate of drug-likeness (QED) is 0.701. The molecule has 0 spiro atoms. The normalized spacial score (nSPS) is 16.0. The fourth-order valence-electron chi connectivity index (χ4n) is 3.22. The van der Waals surface area contributed by atoms with E-state index < -0.39 is 6.17 Å². The highest BCUT2D eigenvalue weighted by atomic mass is 35.5. The number of carbonyl (C=O) groups is 1. The highest BCUT2D eigenvalue weighted by Crippen LogP contribution is 2.40. The van der Waals surface area contributed by atoms with Crippen LogP contribution < -0.4 is 15.0 Å². The van der Waals surface area contributed by atoms with E-state index in [1.807, 2.05) is 66.7 Å². The van der Waals surface area contributed by atoms with E-state index in [2.05, 4.69) is 5.32 Å². The van der Waals surface area contributed by atoms with Gasteiger partial charge in [-0.3, -0.25) is 9.69 Å². The van der Waals surface area contributed by atoms with Gasteiger partial charge in [0.2, 0.25) is 0 Å². The molecule has 1 heterocycles. The van der Waals surface area contributed by atoms with Crippen LogP contribution in [0, 0.1) is 0 Å². The second-order valence-electron chi connectivity index (χ2n) is 5.97. The molecule has 26 heavy (non-hydrogen) atoms. The zero-order chi connectivity index (χ0) is 18.1. The molecule has 1 N–H and O–H groups in total. The van der Waals surface area contributed by atoms with Crippen molar-refractivity contribution in [3.8, 4) is 5.75 Å². The highest BCUT2D eigenvalue weighted by molar-refractivity contribution is 6.33. The molecule has 1 aliphatic rings. The van der Waals surface area contributed by atoms with Crippen molar-refractivity contribution in [2.75, 3.05) is 17.3 Å². The lowest BCUT2D eigenvalue weighted by Gasteiger charge is -2.38. The summed E-state index contributed by atoms with van der Waals surface area (Å²) in [6, 6.07) is 22.6. The number of para-hydroxylation sites is 2. The number of hydrogen-bond acceptors (Lipinski definition) is 3. The van der Waals surface area contributed by atoms with E-state index in [4.69, 9.17) is 16.3 Å². The van der Waals surface area contributed by atoms with Gasteiger partial charge in [-0.2, -0.15) is 0 Å². The molecular formula is C21H17ClN2O2. The molecule has 0 saturated heterocycles. The molecule has 0 aromatic heterocycles. The maximum atomic E-state index is 13.3. The molecule has 1 atom stereocenters. The van der Waals surface area contributed by atoms with Crippen molar-refractivity contribution >= 4 is 28.9 Å². The van der Waals surface area contributed by atoms with Crippen LogP contribution in [0.3, 0.4) is 0 Å². The lowest BCUT2D eigenvalue weighted by atomic mass is 10.0. The van der Waals surface area contributed by atoms with Gasteiger partial charge in [-0.05, 0) is 30.3 Å². The average molecular weight is 365 g/mol. The van der Waals surface area contributed by atoms with E-state index >= 15 is 0 Å². The average Bonchev–Trinajstić information content (AvgIpc) is 2.69. The first-order valence-electron chi connectivity index (χ1n) is 8.27. The highest BCUT2D eigenvalue weighted by Gasteiger charge is 2.35. The van der Waals surface area contributed by atoms with Gasteiger partial charge in [0.1, 0.15) is 11.9 Å². The van der Waals surface area contributed by atoms with Gasteiger partial charge in [0.15, 0.2) is 0 Å². The predicted octanol–water partition coefficient (Wildman–Crippen LogP) is 5.12. The number of ether oxygens (including phenoxy) is 1. The zero-order valence-electron chi connectivity index (χ0n) is 14.1. The van der Waals surface area contributed by atoms with Gasteiger partial charge in [0.25, 0.3) is 5.91 Å². The Hall–Kier alpha value is -2.98. The summed E-state index contributed by atoms with van der Waals surface area (Å²) < 4.78 is 5.35. The first kappa shape index (κ1) is 16.5. The molecule has 1 unspecified atom stereocenters. The lowest BCUT2D eigenvalue weighted by Crippen LogP contribution is -2.43. The minimum absolute atomic E-state index is 0.0746. The summed E-state index contributed by atoms with van der Waals surface area (Å²) >= 11 is 6.57. The van der Waals surface area contributed by atoms with Gasteiger partial charge in [-0.25, -0.2) is 0 Å². The molecule has 3 aromatic carbocycles. The fraction of sp³-hybridized carbons (Fsp3) is 0.0952. The number of carbonyl (C=O) groups excluding carboxylic acids is 1. The van der Waals surface area contributed by atoms with Gasteiger partial charge < -0.3 is 10.1 Å². The summed E-state index contributed by atoms with van der Waals surface area (Å²) in [6.45, 7) is 0. The third kappa shape index (κ3) is 2.68. The summed E-state index contributed by atoms with van der Waals surface area (Å²) in [4.78, 5) is 15.0. The standard InChI is InChI=1S/C21H17ClN2O2/c1-26-18-13-7-11-16(19(18)22)20-23-17-12-6-5-10-15(17)21(25)24(20)14-8-3-2-4-9-14/h2-13,20,23H,1H3. The monoisotopic (exact) mass is 364 g/mol. The number of nitrogens with one attached hydrogen (secondary N) is 1. The van der Waals surface area contributed by atoms with E-state index in [1.54, 1.807) is 18.1 Å². The first-order chi connectivity index (χ1) is 12.7. The lowest BCUT2D eigenvalue weighted by molar-refractivity contribution is 0.0975. The summed E-state index contributed by atoms with van der Waals surface area (Å²) in [5.41, 5.74) is 2.99. The molecule has 5 heteroatoms. The number of fused-ring (bicyclic) bond motifs is 1. The van der Waals surface area contributed by atoms with Crippen molar-refractivity contribution in [2.24, 2.45) is 0 Å². The molecule has 0 fully saturated rings. The van der Waals surface area contributed by atoms with Crippen LogP contribution in [-0.2, 0) is 0 Å². The summed E-state index contributed by atoms with van der Waals surface area (Å²) in [7, 11) is 1.58. The Morgan fingerprint density at radius 1 is 0.962 bits per heavy atom. The molecule has 0 radical (unpaired) electrons. The number of halogens is 1. The van der Waals surface area contributed by atoms with Crippen molar-refractivity contribution in [3.05, 3.63) is 88.9 Å². The number of benzene rings is 3. The van der Waals surface area contributed by atoms with Crippen LogP contribution in [0.4, 0.5) is 11.4 Å². The Labute approximate surface area is 157 Å². The van der Waals surface area contributed by atoms with Gasteiger partial charge in [-0.15, -0.1) is 0 Å². The van der Waals surface area contributed by atoms with Crippen LogP contribution in [0.15, 0.2) is 72.8 Å². The summed E-state index contributed by atoms with van der Waals surface area (Å²) in [5, 5.41) is 3.94. The Balaban J connectivity index is 1.90. The third-order valence-corrected chi connectivity index (χ3v) is 4.87. The summed E-state index contributed by atoms with van der Waals surface area (Å²) in [6.07, 6.45) is -0.442. The van der Waals surface area contributed by atoms with Crippen LogP contribution in [0.5, 0.6) is 5.75 Å². The number of amides is 1. The topological polar surface area (TPSA) is 41.6 Å². The molecule has 3 aromatic rings. The minimum Gasteiger partial charge on any atom is -0.495 e. The Bertz CT molecular complexity index is 959. The molecule has 4 rings (SSSR count). The van der Waals surface area contributed by atoms with Gasteiger partial charge in [-0.1, -0.05) is 54.1 Å². The van der Waals surface area contributed by atoms with Crippen molar-refractivity contribution in [1.82, 2.24) is 0 Å². The molecular weight excluding hydrogens is 348 g/mol. The van der Waals surface area contributed by atoms with Gasteiger partial charge in [0, 0.05) is 16.9 Å². The largest absolute Gasteiger partial charge is 0.495 e. The van der Waals surface area contributed by atoms with Crippen molar-refractivity contribution in [2.45, 2.75) is 6.17 Å². The second-order valence-corrected chi connectivity index (χ2v) is 6.34. The Kier molecular flexibility index (Phi) is 4.27. The van der Waals surface area contributed by atoms with E-state index in [1.165, 1.54) is 0 Å². The van der Waals surface area contributed by atoms with E-state index in [-0.39, 0.29) is 5.91 Å². The zero-order valence-corrected chi connectivity index (χ0v) is 14.9.